The van der Waals surface area contributed by atoms with Gasteiger partial charge >= 0.3 is 0 Å². The molecule has 2 heterocycles. The molecule has 4 rings (SSSR count). The molecule has 0 atom stereocenters. The van der Waals surface area contributed by atoms with E-state index in [4.69, 9.17) is 4.74 Å². The maximum Gasteiger partial charge on any atom is 0.265 e. The zero-order chi connectivity index (χ0) is 23.3. The molecule has 9 nitrogen and oxygen atoms in total. The summed E-state index contributed by atoms with van der Waals surface area (Å²) in [6.07, 6.45) is 1.69. The molecule has 0 amide bonds. The number of benzene rings is 2. The van der Waals surface area contributed by atoms with Gasteiger partial charge in [0, 0.05) is 23.6 Å². The topological polar surface area (TPSA) is 118 Å². The Hall–Kier alpha value is -4.18. The molecule has 2 aromatic carbocycles. The van der Waals surface area contributed by atoms with Crippen LogP contribution in [0.5, 0.6) is 5.75 Å². The first-order valence-electron chi connectivity index (χ1n) is 9.99. The number of methoxy groups -OCH3 is 1. The molecule has 0 unspecified atom stereocenters. The van der Waals surface area contributed by atoms with Crippen molar-refractivity contribution in [3.8, 4) is 5.75 Å². The lowest BCUT2D eigenvalue weighted by atomic mass is 10.3. The second-order valence-electron chi connectivity index (χ2n) is 6.98. The van der Waals surface area contributed by atoms with Gasteiger partial charge in [-0.1, -0.05) is 18.2 Å². The van der Waals surface area contributed by atoms with Crippen molar-refractivity contribution < 1.29 is 13.2 Å². The Morgan fingerprint density at radius 3 is 2.15 bits per heavy atom. The van der Waals surface area contributed by atoms with E-state index < -0.39 is 10.0 Å². The fraction of sp³-hybridized carbons (Fsp3) is 0.0870. The number of hydrogen-bond acceptors (Lipinski definition) is 8. The molecule has 0 radical (unpaired) electrons. The fourth-order valence-electron chi connectivity index (χ4n) is 3.08. The Kier molecular flexibility index (Phi) is 6.36. The van der Waals surface area contributed by atoms with Gasteiger partial charge in [0.1, 0.15) is 33.9 Å². The molecule has 0 fully saturated rings. The van der Waals surface area contributed by atoms with E-state index in [9.17, 15) is 8.42 Å². The van der Waals surface area contributed by atoms with Crippen molar-refractivity contribution in [2.24, 2.45) is 0 Å². The fourth-order valence-corrected chi connectivity index (χ4v) is 4.31. The average Bonchev–Trinajstić information content (AvgIpc) is 2.80. The van der Waals surface area contributed by atoms with Gasteiger partial charge in [0.2, 0.25) is 0 Å². The lowest BCUT2D eigenvalue weighted by Gasteiger charge is -2.12. The van der Waals surface area contributed by atoms with Crippen molar-refractivity contribution in [1.82, 2.24) is 15.0 Å². The highest BCUT2D eigenvalue weighted by Crippen LogP contribution is 2.26. The van der Waals surface area contributed by atoms with Crippen molar-refractivity contribution in [3.05, 3.63) is 84.8 Å². The second-order valence-corrected chi connectivity index (χ2v) is 8.64. The molecule has 3 N–H and O–H groups in total. The predicted octanol–water partition coefficient (Wildman–Crippen LogP) is 4.48. The van der Waals surface area contributed by atoms with Crippen LogP contribution in [-0.2, 0) is 10.0 Å². The zero-order valence-corrected chi connectivity index (χ0v) is 18.8. The van der Waals surface area contributed by atoms with Crippen LogP contribution in [0.4, 0.5) is 28.8 Å². The molecule has 0 saturated heterocycles. The molecule has 0 aliphatic rings. The highest BCUT2D eigenvalue weighted by atomic mass is 32.2. The number of aromatic nitrogens is 3. The molecular weight excluding hydrogens is 440 g/mol. The molecular formula is C23H22N6O3S. The van der Waals surface area contributed by atoms with Gasteiger partial charge in [-0.3, -0.25) is 4.72 Å². The van der Waals surface area contributed by atoms with Gasteiger partial charge in [0.15, 0.2) is 0 Å². The van der Waals surface area contributed by atoms with Crippen LogP contribution in [0.1, 0.15) is 5.82 Å². The minimum absolute atomic E-state index is 0.0686. The largest absolute Gasteiger partial charge is 0.495 e. The molecule has 0 aliphatic heterocycles. The van der Waals surface area contributed by atoms with Crippen LogP contribution >= 0.6 is 0 Å². The summed E-state index contributed by atoms with van der Waals surface area (Å²) in [5.74, 6) is 2.72. The van der Waals surface area contributed by atoms with Crippen molar-refractivity contribution in [2.75, 3.05) is 22.5 Å². The van der Waals surface area contributed by atoms with E-state index in [0.717, 1.165) is 5.69 Å². The average molecular weight is 463 g/mol. The van der Waals surface area contributed by atoms with E-state index in [1.165, 1.54) is 13.2 Å². The molecule has 10 heteroatoms. The number of nitrogens with one attached hydrogen (secondary N) is 3. The molecule has 2 aromatic heterocycles. The Balaban J connectivity index is 1.48. The van der Waals surface area contributed by atoms with E-state index in [0.29, 0.717) is 29.0 Å². The first kappa shape index (κ1) is 22.0. The maximum absolute atomic E-state index is 12.7. The van der Waals surface area contributed by atoms with E-state index in [-0.39, 0.29) is 10.6 Å². The van der Waals surface area contributed by atoms with Crippen molar-refractivity contribution in [3.63, 3.8) is 0 Å². The number of aryl methyl sites for hydroxylation is 1. The summed E-state index contributed by atoms with van der Waals surface area (Å²) < 4.78 is 33.2. The third-order valence-corrected chi connectivity index (χ3v) is 5.95. The van der Waals surface area contributed by atoms with E-state index in [1.807, 2.05) is 18.2 Å². The quantitative estimate of drug-likeness (QED) is 0.351. The molecule has 0 bridgehead atoms. The number of anilines is 5. The third-order valence-electron chi connectivity index (χ3n) is 4.53. The summed E-state index contributed by atoms with van der Waals surface area (Å²) in [5.41, 5.74) is 1.15. The minimum atomic E-state index is -3.80. The van der Waals surface area contributed by atoms with Crippen LogP contribution in [0.15, 0.2) is 83.9 Å². The second kappa shape index (κ2) is 9.53. The van der Waals surface area contributed by atoms with Crippen LogP contribution in [0, 0.1) is 6.92 Å². The Labute approximate surface area is 192 Å². The monoisotopic (exact) mass is 462 g/mol. The van der Waals surface area contributed by atoms with Crippen molar-refractivity contribution in [1.29, 1.82) is 0 Å². The van der Waals surface area contributed by atoms with Crippen molar-refractivity contribution in [2.45, 2.75) is 11.8 Å². The predicted molar refractivity (Wildman–Crippen MR) is 128 cm³/mol. The van der Waals surface area contributed by atoms with Crippen LogP contribution in [0.2, 0.25) is 0 Å². The number of sulfonamides is 1. The Morgan fingerprint density at radius 1 is 0.788 bits per heavy atom. The van der Waals surface area contributed by atoms with Gasteiger partial charge in [0.25, 0.3) is 10.0 Å². The number of ether oxygens (including phenoxy) is 1. The maximum atomic E-state index is 12.7. The lowest BCUT2D eigenvalue weighted by Crippen LogP contribution is -2.14. The number of rotatable bonds is 8. The SMILES string of the molecule is COc1ccccc1S(=O)(=O)Nc1ccc(Nc2cc(Nc3ccccn3)nc(C)n2)cc1. The Morgan fingerprint density at radius 2 is 1.45 bits per heavy atom. The van der Waals surface area contributed by atoms with E-state index in [2.05, 4.69) is 30.3 Å². The minimum Gasteiger partial charge on any atom is -0.495 e. The standard InChI is InChI=1S/C23H22N6O3S/c1-16-25-22(15-23(26-16)28-21-9-5-6-14-24-21)27-17-10-12-18(13-11-17)29-33(30,31)20-8-4-3-7-19(20)32-2/h3-15,29H,1-2H3,(H2,24,25,26,27,28). The zero-order valence-electron chi connectivity index (χ0n) is 18.0. The van der Waals surface area contributed by atoms with Gasteiger partial charge in [-0.2, -0.15) is 0 Å². The lowest BCUT2D eigenvalue weighted by molar-refractivity contribution is 0.403. The molecule has 0 aliphatic carbocycles. The summed E-state index contributed by atoms with van der Waals surface area (Å²) in [6.45, 7) is 1.80. The van der Waals surface area contributed by atoms with Gasteiger partial charge in [-0.25, -0.2) is 23.4 Å². The first-order valence-corrected chi connectivity index (χ1v) is 11.5. The number of pyridine rings is 1. The summed E-state index contributed by atoms with van der Waals surface area (Å²) >= 11 is 0. The van der Waals surface area contributed by atoms with Gasteiger partial charge in [-0.15, -0.1) is 0 Å². The molecule has 4 aromatic rings. The number of hydrogen-bond donors (Lipinski definition) is 3. The van der Waals surface area contributed by atoms with Crippen LogP contribution in [0.25, 0.3) is 0 Å². The third kappa shape index (κ3) is 5.55. The summed E-state index contributed by atoms with van der Waals surface area (Å²) in [4.78, 5) is 13.1. The van der Waals surface area contributed by atoms with Crippen molar-refractivity contribution >= 4 is 38.9 Å². The van der Waals surface area contributed by atoms with Crippen LogP contribution in [-0.4, -0.2) is 30.5 Å². The molecule has 0 saturated carbocycles. The van der Waals surface area contributed by atoms with E-state index >= 15 is 0 Å². The van der Waals surface area contributed by atoms with Crippen LogP contribution < -0.4 is 20.1 Å². The highest BCUT2D eigenvalue weighted by Gasteiger charge is 2.19. The molecule has 33 heavy (non-hydrogen) atoms. The van der Waals surface area contributed by atoms with E-state index in [1.54, 1.807) is 61.7 Å². The van der Waals surface area contributed by atoms with Crippen LogP contribution in [0.3, 0.4) is 0 Å². The summed E-state index contributed by atoms with van der Waals surface area (Å²) in [5, 5.41) is 6.34. The first-order chi connectivity index (χ1) is 15.9. The Bertz CT molecular complexity index is 1350. The smallest absolute Gasteiger partial charge is 0.265 e. The normalized spacial score (nSPS) is 11.0. The summed E-state index contributed by atoms with van der Waals surface area (Å²) in [6, 6.07) is 20.6. The molecule has 0 spiro atoms. The van der Waals surface area contributed by atoms with Gasteiger partial charge < -0.3 is 15.4 Å². The molecule has 168 valence electrons. The number of para-hydroxylation sites is 1. The van der Waals surface area contributed by atoms with Gasteiger partial charge in [-0.05, 0) is 55.5 Å². The summed E-state index contributed by atoms with van der Waals surface area (Å²) in [7, 11) is -2.37. The number of nitrogens with zero attached hydrogens (tertiary/aromatic N) is 3. The van der Waals surface area contributed by atoms with Gasteiger partial charge in [0.05, 0.1) is 7.11 Å². The highest BCUT2D eigenvalue weighted by molar-refractivity contribution is 7.92.